The molecule has 0 bridgehead atoms. The average Bonchev–Trinajstić information content (AvgIpc) is 2.63. The monoisotopic (exact) mass is 360 g/mol. The number of hydrogen-bond acceptors (Lipinski definition) is 1. The fourth-order valence-corrected chi connectivity index (χ4v) is 4.96. The van der Waals surface area contributed by atoms with Crippen LogP contribution in [0.4, 0.5) is 0 Å². The van der Waals surface area contributed by atoms with E-state index in [0.29, 0.717) is 11.8 Å². The molecule has 0 spiro atoms. The lowest BCUT2D eigenvalue weighted by Gasteiger charge is -2.37. The molecule has 0 atom stereocenters. The van der Waals surface area contributed by atoms with Gasteiger partial charge in [0.1, 0.15) is 0 Å². The average molecular weight is 361 g/mol. The van der Waals surface area contributed by atoms with E-state index < -0.39 is 5.97 Å². The highest BCUT2D eigenvalue weighted by Gasteiger charge is 2.30. The van der Waals surface area contributed by atoms with Crippen LogP contribution in [0, 0.1) is 17.8 Å². The van der Waals surface area contributed by atoms with Gasteiger partial charge in [0.15, 0.2) is 0 Å². The maximum atomic E-state index is 10.6. The summed E-state index contributed by atoms with van der Waals surface area (Å²) in [6, 6.07) is 8.42. The highest BCUT2D eigenvalue weighted by atomic mass is 35.5. The third-order valence-electron chi connectivity index (χ3n) is 6.30. The predicted molar refractivity (Wildman–Crippen MR) is 103 cm³/mol. The Morgan fingerprint density at radius 2 is 1.52 bits per heavy atom. The molecule has 2 aliphatic rings. The molecule has 0 saturated heterocycles. The molecule has 2 nitrogen and oxygen atoms in total. The van der Waals surface area contributed by atoms with Gasteiger partial charge in [0, 0.05) is 5.02 Å². The second kappa shape index (κ2) is 8.89. The Bertz CT molecular complexity index is 577. The third-order valence-corrected chi connectivity index (χ3v) is 6.55. The van der Waals surface area contributed by atoms with Crippen molar-refractivity contribution >= 4 is 17.6 Å². The first-order valence-corrected chi connectivity index (χ1v) is 10.1. The molecular formula is C22H29ClO2. The van der Waals surface area contributed by atoms with Crippen LogP contribution in [0.25, 0.3) is 0 Å². The maximum Gasteiger partial charge on any atom is 0.307 e. The normalized spacial score (nSPS) is 30.4. The van der Waals surface area contributed by atoms with E-state index in [1.165, 1.54) is 56.9 Å². The number of hydrogen-bond donors (Lipinski definition) is 1. The molecule has 3 heteroatoms. The van der Waals surface area contributed by atoms with E-state index in [4.69, 9.17) is 16.7 Å². The lowest BCUT2D eigenvalue weighted by molar-refractivity contribution is -0.136. The lowest BCUT2D eigenvalue weighted by Crippen LogP contribution is -2.25. The molecule has 0 aliphatic heterocycles. The molecule has 0 unspecified atom stereocenters. The number of benzene rings is 1. The number of allylic oxidation sites excluding steroid dienone is 1. The van der Waals surface area contributed by atoms with Crippen LogP contribution < -0.4 is 0 Å². The zero-order chi connectivity index (χ0) is 17.6. The summed E-state index contributed by atoms with van der Waals surface area (Å²) in [6.45, 7) is 0. The van der Waals surface area contributed by atoms with Gasteiger partial charge in [0.25, 0.3) is 0 Å². The summed E-state index contributed by atoms with van der Waals surface area (Å²) in [6.07, 6.45) is 14.6. The van der Waals surface area contributed by atoms with E-state index in [0.717, 1.165) is 16.9 Å². The van der Waals surface area contributed by atoms with Crippen molar-refractivity contribution < 1.29 is 9.90 Å². The fraction of sp³-hybridized carbons (Fsp3) is 0.591. The van der Waals surface area contributed by atoms with Gasteiger partial charge in [-0.15, -0.1) is 0 Å². The molecule has 0 radical (unpaired) electrons. The van der Waals surface area contributed by atoms with Crippen LogP contribution in [0.2, 0.25) is 5.02 Å². The van der Waals surface area contributed by atoms with Crippen LogP contribution in [0.5, 0.6) is 0 Å². The van der Waals surface area contributed by atoms with E-state index >= 15 is 0 Å². The highest BCUT2D eigenvalue weighted by Crippen LogP contribution is 2.44. The third kappa shape index (κ3) is 5.34. The van der Waals surface area contributed by atoms with Crippen molar-refractivity contribution in [2.75, 3.05) is 0 Å². The van der Waals surface area contributed by atoms with Crippen LogP contribution in [-0.4, -0.2) is 11.1 Å². The van der Waals surface area contributed by atoms with E-state index in [1.807, 2.05) is 18.2 Å². The Balaban J connectivity index is 1.42. The smallest absolute Gasteiger partial charge is 0.307 e. The molecule has 1 N–H and O–H groups in total. The lowest BCUT2D eigenvalue weighted by atomic mass is 9.68. The summed E-state index contributed by atoms with van der Waals surface area (Å²) >= 11 is 6.00. The van der Waals surface area contributed by atoms with Gasteiger partial charge in [0.2, 0.25) is 0 Å². The minimum atomic E-state index is -0.734. The van der Waals surface area contributed by atoms with Crippen molar-refractivity contribution in [3.05, 3.63) is 47.0 Å². The van der Waals surface area contributed by atoms with Gasteiger partial charge in [-0.3, -0.25) is 4.79 Å². The molecule has 1 aromatic carbocycles. The van der Waals surface area contributed by atoms with Crippen LogP contribution in [0.1, 0.15) is 69.3 Å². The van der Waals surface area contributed by atoms with Crippen LogP contribution in [0.3, 0.4) is 0 Å². The van der Waals surface area contributed by atoms with E-state index in [-0.39, 0.29) is 6.42 Å². The van der Waals surface area contributed by atoms with Gasteiger partial charge in [-0.05, 0) is 92.7 Å². The molecule has 3 rings (SSSR count). The molecule has 0 heterocycles. The zero-order valence-corrected chi connectivity index (χ0v) is 15.6. The quantitative estimate of drug-likeness (QED) is 0.612. The Morgan fingerprint density at radius 3 is 2.08 bits per heavy atom. The van der Waals surface area contributed by atoms with Gasteiger partial charge >= 0.3 is 5.97 Å². The summed E-state index contributed by atoms with van der Waals surface area (Å²) in [7, 11) is 0. The van der Waals surface area contributed by atoms with Gasteiger partial charge < -0.3 is 5.11 Å². The summed E-state index contributed by atoms with van der Waals surface area (Å²) in [5.74, 6) is 2.36. The summed E-state index contributed by atoms with van der Waals surface area (Å²) in [4.78, 5) is 10.6. The van der Waals surface area contributed by atoms with Crippen molar-refractivity contribution in [1.82, 2.24) is 0 Å². The topological polar surface area (TPSA) is 37.3 Å². The summed E-state index contributed by atoms with van der Waals surface area (Å²) < 4.78 is 0. The van der Waals surface area contributed by atoms with Gasteiger partial charge in [-0.2, -0.15) is 0 Å². The number of rotatable bonds is 5. The van der Waals surface area contributed by atoms with Crippen LogP contribution >= 0.6 is 11.6 Å². The first kappa shape index (κ1) is 18.5. The molecular weight excluding hydrogens is 332 g/mol. The molecule has 25 heavy (non-hydrogen) atoms. The molecule has 2 saturated carbocycles. The van der Waals surface area contributed by atoms with E-state index in [1.54, 1.807) is 0 Å². The molecule has 0 amide bonds. The van der Waals surface area contributed by atoms with Crippen molar-refractivity contribution in [2.24, 2.45) is 17.8 Å². The Morgan fingerprint density at radius 1 is 0.960 bits per heavy atom. The molecule has 2 fully saturated rings. The number of aliphatic carboxylic acids is 1. The summed E-state index contributed by atoms with van der Waals surface area (Å²) in [5.41, 5.74) is 1.45. The van der Waals surface area contributed by atoms with E-state index in [2.05, 4.69) is 18.2 Å². The number of carbonyl (C=O) groups is 1. The SMILES string of the molecule is O=C(O)CC=CC1CCC(C2CCC(c3ccc(Cl)cc3)CC2)CC1. The summed E-state index contributed by atoms with van der Waals surface area (Å²) in [5, 5.41) is 9.54. The Kier molecular flexibility index (Phi) is 6.58. The van der Waals surface area contributed by atoms with Gasteiger partial charge in [0.05, 0.1) is 6.42 Å². The molecule has 136 valence electrons. The van der Waals surface area contributed by atoms with Crippen LogP contribution in [0.15, 0.2) is 36.4 Å². The standard InChI is InChI=1S/C22H29ClO2/c23-21-14-12-20(13-15-21)19-10-8-18(9-11-19)17-6-4-16(5-7-17)2-1-3-22(24)25/h1-2,12-19H,3-11H2,(H,24,25). The second-order valence-corrected chi connectivity index (χ2v) is 8.30. The Labute approximate surface area is 156 Å². The molecule has 2 aliphatic carbocycles. The second-order valence-electron chi connectivity index (χ2n) is 7.86. The fourth-order valence-electron chi connectivity index (χ4n) is 4.83. The van der Waals surface area contributed by atoms with E-state index in [9.17, 15) is 4.79 Å². The van der Waals surface area contributed by atoms with Crippen molar-refractivity contribution in [3.8, 4) is 0 Å². The van der Waals surface area contributed by atoms with Crippen molar-refractivity contribution in [2.45, 2.75) is 63.7 Å². The van der Waals surface area contributed by atoms with Crippen molar-refractivity contribution in [3.63, 3.8) is 0 Å². The number of carboxylic acids is 1. The number of halogens is 1. The van der Waals surface area contributed by atoms with Gasteiger partial charge in [-0.1, -0.05) is 35.9 Å². The van der Waals surface area contributed by atoms with Gasteiger partial charge in [-0.25, -0.2) is 0 Å². The predicted octanol–water partition coefficient (Wildman–Crippen LogP) is 6.45. The molecule has 1 aromatic rings. The highest BCUT2D eigenvalue weighted by molar-refractivity contribution is 6.30. The maximum absolute atomic E-state index is 10.6. The number of carboxylic acid groups (broad SMARTS) is 1. The van der Waals surface area contributed by atoms with Crippen LogP contribution in [-0.2, 0) is 4.79 Å². The zero-order valence-electron chi connectivity index (χ0n) is 14.9. The largest absolute Gasteiger partial charge is 0.481 e. The van der Waals surface area contributed by atoms with Crippen molar-refractivity contribution in [1.29, 1.82) is 0 Å². The minimum Gasteiger partial charge on any atom is -0.481 e. The Hall–Kier alpha value is -1.28. The molecule has 0 aromatic heterocycles. The minimum absolute atomic E-state index is 0.161. The first-order chi connectivity index (χ1) is 12.1. The first-order valence-electron chi connectivity index (χ1n) is 9.75.